The van der Waals surface area contributed by atoms with Gasteiger partial charge < -0.3 is 20.5 Å². The van der Waals surface area contributed by atoms with Crippen molar-refractivity contribution in [3.05, 3.63) is 41.0 Å². The summed E-state index contributed by atoms with van der Waals surface area (Å²) in [4.78, 5) is 16.4. The summed E-state index contributed by atoms with van der Waals surface area (Å²) in [6.07, 6.45) is 0. The van der Waals surface area contributed by atoms with E-state index in [1.54, 1.807) is 0 Å². The third kappa shape index (κ3) is 4.27. The minimum absolute atomic E-state index is 0.0362. The molecule has 9 heteroatoms. The van der Waals surface area contributed by atoms with Crippen molar-refractivity contribution < 1.29 is 14.3 Å². The van der Waals surface area contributed by atoms with Gasteiger partial charge in [0.15, 0.2) is 11.5 Å². The number of benzene rings is 1. The molecule has 0 radical (unpaired) electrons. The van der Waals surface area contributed by atoms with Crippen molar-refractivity contribution in [3.63, 3.8) is 0 Å². The van der Waals surface area contributed by atoms with E-state index in [4.69, 9.17) is 20.5 Å². The van der Waals surface area contributed by atoms with Crippen LogP contribution in [0.1, 0.15) is 29.7 Å². The molecule has 0 bridgehead atoms. The molecule has 28 heavy (non-hydrogen) atoms. The second kappa shape index (κ2) is 8.51. The Morgan fingerprint density at radius 3 is 2.68 bits per heavy atom. The van der Waals surface area contributed by atoms with E-state index in [-0.39, 0.29) is 34.6 Å². The highest BCUT2D eigenvalue weighted by Crippen LogP contribution is 2.32. The Kier molecular flexibility index (Phi) is 5.87. The van der Waals surface area contributed by atoms with Crippen LogP contribution in [0.25, 0.3) is 0 Å². The number of nitrogen functional groups attached to an aromatic ring is 1. The average molecular weight is 395 g/mol. The molecule has 2 heterocycles. The fraction of sp³-hybridized carbons (Fsp3) is 0.263. The van der Waals surface area contributed by atoms with E-state index in [1.807, 2.05) is 37.3 Å². The number of pyridine rings is 1. The number of carbonyl (C=O) groups excluding carboxylic acids is 1. The summed E-state index contributed by atoms with van der Waals surface area (Å²) in [6, 6.07) is 10.5. The lowest BCUT2D eigenvalue weighted by Gasteiger charge is -2.21. The minimum atomic E-state index is -0.238. The van der Waals surface area contributed by atoms with E-state index < -0.39 is 0 Å². The molecule has 3 N–H and O–H groups in total. The van der Waals surface area contributed by atoms with Crippen LogP contribution in [0.3, 0.4) is 0 Å². The molecule has 8 nitrogen and oxygen atoms in total. The number of nitrogens with zero attached hydrogens (tertiary/aromatic N) is 3. The summed E-state index contributed by atoms with van der Waals surface area (Å²) in [5, 5.41) is 21.4. The molecule has 1 aliphatic rings. The molecule has 0 fully saturated rings. The van der Waals surface area contributed by atoms with E-state index >= 15 is 0 Å². The van der Waals surface area contributed by atoms with E-state index in [2.05, 4.69) is 10.3 Å². The van der Waals surface area contributed by atoms with Crippen LogP contribution in [0.5, 0.6) is 11.5 Å². The number of rotatable bonds is 5. The van der Waals surface area contributed by atoms with Crippen molar-refractivity contribution in [3.8, 4) is 23.6 Å². The normalized spacial score (nSPS) is 13.1. The van der Waals surface area contributed by atoms with Crippen LogP contribution in [0.2, 0.25) is 0 Å². The summed E-state index contributed by atoms with van der Waals surface area (Å²) >= 11 is 1.09. The number of hydrogen-bond acceptors (Lipinski definition) is 8. The summed E-state index contributed by atoms with van der Waals surface area (Å²) in [5.74, 6) is 1.23. The summed E-state index contributed by atoms with van der Waals surface area (Å²) in [5.41, 5.74) is 6.93. The van der Waals surface area contributed by atoms with Crippen LogP contribution in [-0.2, 0) is 4.79 Å². The maximum atomic E-state index is 12.3. The molecule has 1 aromatic heterocycles. The second-order valence-electron chi connectivity index (χ2n) is 5.98. The van der Waals surface area contributed by atoms with Crippen molar-refractivity contribution in [1.82, 2.24) is 10.3 Å². The van der Waals surface area contributed by atoms with Crippen LogP contribution < -0.4 is 20.5 Å². The average Bonchev–Trinajstić information content (AvgIpc) is 2.71. The molecule has 142 valence electrons. The van der Waals surface area contributed by atoms with Gasteiger partial charge in [-0.2, -0.15) is 10.5 Å². The number of anilines is 1. The van der Waals surface area contributed by atoms with Crippen LogP contribution in [0, 0.1) is 22.7 Å². The fourth-order valence-corrected chi connectivity index (χ4v) is 3.39. The van der Waals surface area contributed by atoms with Crippen LogP contribution in [0.4, 0.5) is 5.82 Å². The Hall–Kier alpha value is -3.43. The van der Waals surface area contributed by atoms with Crippen molar-refractivity contribution in [2.24, 2.45) is 0 Å². The molecular weight excluding hydrogens is 378 g/mol. The predicted molar refractivity (Wildman–Crippen MR) is 103 cm³/mol. The molecule has 3 rings (SSSR count). The molecular formula is C19H17N5O3S. The first-order valence-electron chi connectivity index (χ1n) is 8.44. The number of nitriles is 2. The quantitative estimate of drug-likeness (QED) is 0.736. The Morgan fingerprint density at radius 2 is 1.96 bits per heavy atom. The van der Waals surface area contributed by atoms with Gasteiger partial charge in [0.2, 0.25) is 5.91 Å². The van der Waals surface area contributed by atoms with Crippen molar-refractivity contribution >= 4 is 23.5 Å². The zero-order valence-corrected chi connectivity index (χ0v) is 15.9. The van der Waals surface area contributed by atoms with Gasteiger partial charge in [0, 0.05) is 0 Å². The second-order valence-corrected chi connectivity index (χ2v) is 6.94. The number of nitrogens with two attached hydrogens (primary N) is 1. The van der Waals surface area contributed by atoms with Crippen molar-refractivity contribution in [2.45, 2.75) is 18.0 Å². The van der Waals surface area contributed by atoms with Gasteiger partial charge in [0.25, 0.3) is 0 Å². The molecule has 1 atom stereocenters. The smallest absolute Gasteiger partial charge is 0.230 e. The predicted octanol–water partition coefficient (Wildman–Crippen LogP) is 2.15. The Morgan fingerprint density at radius 1 is 1.25 bits per heavy atom. The molecule has 1 amide bonds. The minimum Gasteiger partial charge on any atom is -0.486 e. The van der Waals surface area contributed by atoms with Gasteiger partial charge in [-0.05, 0) is 30.7 Å². The SMILES string of the molecule is C[C@@H](NC(=O)CSc1nc(N)c(C#N)cc1C#N)c1ccc2c(c1)OCCO2. The van der Waals surface area contributed by atoms with Gasteiger partial charge in [0.1, 0.15) is 36.2 Å². The highest BCUT2D eigenvalue weighted by atomic mass is 32.2. The molecule has 0 saturated carbocycles. The fourth-order valence-electron chi connectivity index (χ4n) is 2.62. The first kappa shape index (κ1) is 19.3. The lowest BCUT2D eigenvalue weighted by molar-refractivity contribution is -0.119. The number of carbonyl (C=O) groups is 1. The van der Waals surface area contributed by atoms with E-state index in [0.29, 0.717) is 29.7 Å². The lowest BCUT2D eigenvalue weighted by atomic mass is 10.1. The van der Waals surface area contributed by atoms with Gasteiger partial charge in [-0.15, -0.1) is 0 Å². The van der Waals surface area contributed by atoms with Crippen molar-refractivity contribution in [2.75, 3.05) is 24.7 Å². The monoisotopic (exact) mass is 395 g/mol. The first-order chi connectivity index (χ1) is 13.5. The van der Waals surface area contributed by atoms with E-state index in [9.17, 15) is 10.1 Å². The van der Waals surface area contributed by atoms with Gasteiger partial charge in [0.05, 0.1) is 22.9 Å². The maximum absolute atomic E-state index is 12.3. The Bertz CT molecular complexity index is 996. The van der Waals surface area contributed by atoms with E-state index in [1.165, 1.54) is 6.07 Å². The van der Waals surface area contributed by atoms with E-state index in [0.717, 1.165) is 17.3 Å². The molecule has 0 aliphatic carbocycles. The van der Waals surface area contributed by atoms with Gasteiger partial charge in [-0.25, -0.2) is 4.98 Å². The maximum Gasteiger partial charge on any atom is 0.230 e. The molecule has 0 spiro atoms. The summed E-state index contributed by atoms with van der Waals surface area (Å²) < 4.78 is 11.1. The third-order valence-corrected chi connectivity index (χ3v) is 5.03. The van der Waals surface area contributed by atoms with Gasteiger partial charge in [-0.3, -0.25) is 4.79 Å². The molecule has 1 aliphatic heterocycles. The number of thioether (sulfide) groups is 1. The highest BCUT2D eigenvalue weighted by molar-refractivity contribution is 8.00. The zero-order valence-electron chi connectivity index (χ0n) is 15.1. The molecule has 2 aromatic rings. The third-order valence-electron chi connectivity index (χ3n) is 4.04. The van der Waals surface area contributed by atoms with Gasteiger partial charge in [-0.1, -0.05) is 17.8 Å². The summed E-state index contributed by atoms with van der Waals surface area (Å²) in [6.45, 7) is 2.89. The van der Waals surface area contributed by atoms with Crippen LogP contribution >= 0.6 is 11.8 Å². The molecule has 1 aromatic carbocycles. The number of aromatic nitrogens is 1. The number of nitrogens with one attached hydrogen (secondary N) is 1. The number of hydrogen-bond donors (Lipinski definition) is 2. The van der Waals surface area contributed by atoms with Crippen molar-refractivity contribution in [1.29, 1.82) is 10.5 Å². The lowest BCUT2D eigenvalue weighted by Crippen LogP contribution is -2.28. The topological polar surface area (TPSA) is 134 Å². The number of fused-ring (bicyclic) bond motifs is 1. The highest BCUT2D eigenvalue weighted by Gasteiger charge is 2.17. The summed E-state index contributed by atoms with van der Waals surface area (Å²) in [7, 11) is 0. The zero-order chi connectivity index (χ0) is 20.1. The Balaban J connectivity index is 1.63. The van der Waals surface area contributed by atoms with Crippen LogP contribution in [0.15, 0.2) is 29.3 Å². The molecule has 0 saturated heterocycles. The number of ether oxygens (including phenoxy) is 2. The number of amides is 1. The van der Waals surface area contributed by atoms with Gasteiger partial charge >= 0.3 is 0 Å². The molecule has 0 unspecified atom stereocenters. The van der Waals surface area contributed by atoms with Crippen LogP contribution in [-0.4, -0.2) is 29.9 Å². The standard InChI is InChI=1S/C19H17N5O3S/c1-11(12-2-3-15-16(7-12)27-5-4-26-15)23-17(25)10-28-19-14(9-21)6-13(8-20)18(22)24-19/h2-3,6-7,11H,4-5,10H2,1H3,(H2,22,24)(H,23,25)/t11-/m1/s1. The Labute approximate surface area is 166 Å². The largest absolute Gasteiger partial charge is 0.486 e. The first-order valence-corrected chi connectivity index (χ1v) is 9.42.